The van der Waals surface area contributed by atoms with Gasteiger partial charge in [0.1, 0.15) is 5.82 Å². The van der Waals surface area contributed by atoms with E-state index in [1.807, 2.05) is 12.3 Å². The van der Waals surface area contributed by atoms with E-state index in [4.69, 9.17) is 0 Å². The molecule has 100 valence electrons. The lowest BCUT2D eigenvalue weighted by molar-refractivity contribution is 0.544. The molecule has 0 bridgehead atoms. The quantitative estimate of drug-likeness (QED) is 0.843. The van der Waals surface area contributed by atoms with Gasteiger partial charge >= 0.3 is 0 Å². The summed E-state index contributed by atoms with van der Waals surface area (Å²) in [5.41, 5.74) is 2.03. The summed E-state index contributed by atoms with van der Waals surface area (Å²) in [6, 6.07) is 6.41. The van der Waals surface area contributed by atoms with Crippen LogP contribution >= 0.6 is 0 Å². The summed E-state index contributed by atoms with van der Waals surface area (Å²) in [5.74, 6) is 0.887. The number of hydrogen-bond donors (Lipinski definition) is 0. The Hall–Kier alpha value is -1.71. The van der Waals surface area contributed by atoms with Crippen LogP contribution in [0, 0.1) is 17.2 Å². The molecule has 4 heteroatoms. The topological polar surface area (TPSA) is 30.7 Å². The van der Waals surface area contributed by atoms with E-state index in [0.717, 1.165) is 12.1 Å². The molecule has 1 fully saturated rings. The Labute approximate surface area is 112 Å². The van der Waals surface area contributed by atoms with Gasteiger partial charge in [-0.2, -0.15) is 0 Å². The summed E-state index contributed by atoms with van der Waals surface area (Å²) in [5, 5.41) is 8.39. The zero-order valence-corrected chi connectivity index (χ0v) is 11.5. The minimum atomic E-state index is -0.257. The average molecular weight is 259 g/mol. The first-order chi connectivity index (χ1) is 9.04. The van der Waals surface area contributed by atoms with Crippen molar-refractivity contribution in [2.75, 3.05) is 0 Å². The first-order valence-electron chi connectivity index (χ1n) is 6.72. The van der Waals surface area contributed by atoms with Crippen molar-refractivity contribution in [1.29, 1.82) is 0 Å². The molecule has 1 aliphatic carbocycles. The molecule has 2 aromatic rings. The van der Waals surface area contributed by atoms with E-state index >= 15 is 0 Å². The van der Waals surface area contributed by atoms with Crippen molar-refractivity contribution in [2.45, 2.75) is 33.1 Å². The molecule has 0 amide bonds. The summed E-state index contributed by atoms with van der Waals surface area (Å²) in [6.07, 6.45) is 3.08. The average Bonchev–Trinajstić information content (AvgIpc) is 2.76. The van der Waals surface area contributed by atoms with Crippen molar-refractivity contribution >= 4 is 0 Å². The fourth-order valence-corrected chi connectivity index (χ4v) is 3.26. The van der Waals surface area contributed by atoms with Gasteiger partial charge in [-0.25, -0.2) is 9.07 Å². The number of halogens is 1. The van der Waals surface area contributed by atoms with E-state index in [0.29, 0.717) is 22.9 Å². The van der Waals surface area contributed by atoms with Crippen LogP contribution < -0.4 is 0 Å². The third-order valence-electron chi connectivity index (χ3n) is 4.39. The van der Waals surface area contributed by atoms with Gasteiger partial charge in [-0.3, -0.25) is 0 Å². The Morgan fingerprint density at radius 1 is 1.37 bits per heavy atom. The monoisotopic (exact) mass is 259 g/mol. The zero-order chi connectivity index (χ0) is 13.6. The second-order valence-electron chi connectivity index (χ2n) is 5.88. The third-order valence-corrected chi connectivity index (χ3v) is 4.39. The maximum Gasteiger partial charge on any atom is 0.125 e. The summed E-state index contributed by atoms with van der Waals surface area (Å²) < 4.78 is 14.9. The number of aromatic nitrogens is 3. The smallest absolute Gasteiger partial charge is 0.125 e. The Morgan fingerprint density at radius 3 is 2.79 bits per heavy atom. The molecule has 2 atom stereocenters. The van der Waals surface area contributed by atoms with Gasteiger partial charge in [0.2, 0.25) is 0 Å². The highest BCUT2D eigenvalue weighted by Crippen LogP contribution is 2.65. The lowest BCUT2D eigenvalue weighted by Gasteiger charge is -1.99. The summed E-state index contributed by atoms with van der Waals surface area (Å²) in [4.78, 5) is 0. The lowest BCUT2D eigenvalue weighted by Crippen LogP contribution is -1.94. The Bertz CT molecular complexity index is 603. The van der Waals surface area contributed by atoms with E-state index in [1.54, 1.807) is 10.7 Å². The Balaban J connectivity index is 1.89. The van der Waals surface area contributed by atoms with Crippen molar-refractivity contribution in [2.24, 2.45) is 11.3 Å². The van der Waals surface area contributed by atoms with Crippen LogP contribution in [0.15, 0.2) is 30.5 Å². The molecule has 0 saturated heterocycles. The number of hydrogen-bond acceptors (Lipinski definition) is 2. The SMILES string of the molecule is CC[C@@H]1[C@@H](c2cn(-c3cccc(F)c3)nn2)C1(C)C. The highest BCUT2D eigenvalue weighted by molar-refractivity contribution is 5.32. The molecule has 0 radical (unpaired) electrons. The van der Waals surface area contributed by atoms with Crippen molar-refractivity contribution in [3.63, 3.8) is 0 Å². The molecule has 0 unspecified atom stereocenters. The van der Waals surface area contributed by atoms with Crippen LogP contribution in [0.25, 0.3) is 5.69 Å². The molecule has 1 heterocycles. The molecule has 1 aromatic carbocycles. The number of nitrogens with zero attached hydrogens (tertiary/aromatic N) is 3. The molecule has 1 aliphatic rings. The number of benzene rings is 1. The summed E-state index contributed by atoms with van der Waals surface area (Å²) >= 11 is 0. The van der Waals surface area contributed by atoms with Gasteiger partial charge in [0.25, 0.3) is 0 Å². The predicted molar refractivity (Wildman–Crippen MR) is 71.6 cm³/mol. The highest BCUT2D eigenvalue weighted by Gasteiger charge is 2.58. The van der Waals surface area contributed by atoms with Gasteiger partial charge in [0.05, 0.1) is 17.6 Å². The van der Waals surface area contributed by atoms with Gasteiger partial charge in [-0.15, -0.1) is 5.10 Å². The van der Waals surface area contributed by atoms with Crippen molar-refractivity contribution in [1.82, 2.24) is 15.0 Å². The Morgan fingerprint density at radius 2 is 2.16 bits per heavy atom. The Kier molecular flexibility index (Phi) is 2.69. The maximum atomic E-state index is 13.2. The number of rotatable bonds is 3. The highest BCUT2D eigenvalue weighted by atomic mass is 19.1. The zero-order valence-electron chi connectivity index (χ0n) is 11.5. The minimum Gasteiger partial charge on any atom is -0.220 e. The van der Waals surface area contributed by atoms with Crippen LogP contribution in [0.5, 0.6) is 0 Å². The predicted octanol–water partition coefficient (Wildman–Crippen LogP) is 3.56. The molecule has 0 aliphatic heterocycles. The van der Waals surface area contributed by atoms with Crippen LogP contribution in [-0.4, -0.2) is 15.0 Å². The molecule has 19 heavy (non-hydrogen) atoms. The van der Waals surface area contributed by atoms with Crippen molar-refractivity contribution < 1.29 is 4.39 Å². The molecule has 3 nitrogen and oxygen atoms in total. The van der Waals surface area contributed by atoms with E-state index in [-0.39, 0.29) is 5.82 Å². The van der Waals surface area contributed by atoms with Gasteiger partial charge in [-0.1, -0.05) is 38.5 Å². The largest absolute Gasteiger partial charge is 0.220 e. The summed E-state index contributed by atoms with van der Waals surface area (Å²) in [7, 11) is 0. The fourth-order valence-electron chi connectivity index (χ4n) is 3.26. The first-order valence-corrected chi connectivity index (χ1v) is 6.72. The van der Waals surface area contributed by atoms with Crippen LogP contribution in [0.1, 0.15) is 38.8 Å². The van der Waals surface area contributed by atoms with Gasteiger partial charge in [-0.05, 0) is 29.5 Å². The van der Waals surface area contributed by atoms with Crippen molar-refractivity contribution in [3.05, 3.63) is 42.0 Å². The second kappa shape index (κ2) is 4.15. The van der Waals surface area contributed by atoms with Crippen LogP contribution in [0.2, 0.25) is 0 Å². The fraction of sp³-hybridized carbons (Fsp3) is 0.467. The molecular weight excluding hydrogens is 241 g/mol. The van der Waals surface area contributed by atoms with Crippen LogP contribution in [0.3, 0.4) is 0 Å². The molecule has 3 rings (SSSR count). The molecule has 0 spiro atoms. The van der Waals surface area contributed by atoms with Gasteiger partial charge in [0.15, 0.2) is 0 Å². The first kappa shape index (κ1) is 12.3. The molecule has 1 saturated carbocycles. The summed E-state index contributed by atoms with van der Waals surface area (Å²) in [6.45, 7) is 6.75. The molecule has 0 N–H and O–H groups in total. The van der Waals surface area contributed by atoms with Gasteiger partial charge in [0, 0.05) is 5.92 Å². The van der Waals surface area contributed by atoms with Crippen LogP contribution in [0.4, 0.5) is 4.39 Å². The van der Waals surface area contributed by atoms with Gasteiger partial charge < -0.3 is 0 Å². The van der Waals surface area contributed by atoms with Crippen molar-refractivity contribution in [3.8, 4) is 5.69 Å². The molecular formula is C15H18FN3. The normalized spacial score (nSPS) is 24.4. The van der Waals surface area contributed by atoms with E-state index in [2.05, 4.69) is 31.1 Å². The van der Waals surface area contributed by atoms with E-state index < -0.39 is 0 Å². The van der Waals surface area contributed by atoms with Crippen LogP contribution in [-0.2, 0) is 0 Å². The maximum absolute atomic E-state index is 13.2. The third kappa shape index (κ3) is 1.95. The molecule has 1 aromatic heterocycles. The lowest BCUT2D eigenvalue weighted by atomic mass is 10.1. The standard InChI is InChI=1S/C15H18FN3/c1-4-12-14(15(12,2)3)13-9-19(18-17-13)11-7-5-6-10(16)8-11/h5-9,12,14H,4H2,1-3H3/t12-,14+/m1/s1. The van der Waals surface area contributed by atoms with E-state index in [9.17, 15) is 4.39 Å². The minimum absolute atomic E-state index is 0.257. The second-order valence-corrected chi connectivity index (χ2v) is 5.88. The van der Waals surface area contributed by atoms with E-state index in [1.165, 1.54) is 12.1 Å².